The molecule has 0 bridgehead atoms. The minimum absolute atomic E-state index is 0.0205. The lowest BCUT2D eigenvalue weighted by Crippen LogP contribution is -2.32. The van der Waals surface area contributed by atoms with Crippen LogP contribution in [0.1, 0.15) is 0 Å². The Hall–Kier alpha value is -2.16. The van der Waals surface area contributed by atoms with Crippen LogP contribution in [0, 0.1) is 11.6 Å². The summed E-state index contributed by atoms with van der Waals surface area (Å²) in [5.41, 5.74) is 0.720. The Morgan fingerprint density at radius 2 is 2.05 bits per heavy atom. The third kappa shape index (κ3) is 2.68. The molecule has 1 saturated heterocycles. The Bertz CT molecular complexity index is 678. The molecule has 1 aliphatic heterocycles. The van der Waals surface area contributed by atoms with E-state index in [2.05, 4.69) is 15.3 Å². The molecule has 0 unspecified atom stereocenters. The predicted octanol–water partition coefficient (Wildman–Crippen LogP) is 1.48. The molecule has 110 valence electrons. The van der Waals surface area contributed by atoms with E-state index in [1.54, 1.807) is 0 Å². The van der Waals surface area contributed by atoms with Crippen molar-refractivity contribution < 1.29 is 18.4 Å². The number of nitrogens with one attached hydrogen (secondary N) is 2. The zero-order valence-corrected chi connectivity index (χ0v) is 11.5. The van der Waals surface area contributed by atoms with Crippen LogP contribution in [0.15, 0.2) is 17.3 Å². The number of nitrogens with zero attached hydrogens (tertiary/aromatic N) is 2. The maximum atomic E-state index is 13.1. The van der Waals surface area contributed by atoms with E-state index in [0.29, 0.717) is 21.9 Å². The minimum atomic E-state index is -0.954. The van der Waals surface area contributed by atoms with Crippen molar-refractivity contribution in [1.82, 2.24) is 20.2 Å². The van der Waals surface area contributed by atoms with Crippen LogP contribution in [0.5, 0.6) is 0 Å². The van der Waals surface area contributed by atoms with Gasteiger partial charge in [0, 0.05) is 24.4 Å². The van der Waals surface area contributed by atoms with Crippen LogP contribution in [0.3, 0.4) is 0 Å². The van der Waals surface area contributed by atoms with Crippen LogP contribution >= 0.6 is 11.8 Å². The van der Waals surface area contributed by atoms with Crippen LogP contribution in [-0.4, -0.2) is 45.6 Å². The fraction of sp³-hybridized carbons (Fsp3) is 0.250. The van der Waals surface area contributed by atoms with E-state index in [1.807, 2.05) is 0 Å². The Morgan fingerprint density at radius 1 is 1.29 bits per heavy atom. The number of imidazole rings is 1. The monoisotopic (exact) mass is 312 g/mol. The second-order valence-electron chi connectivity index (χ2n) is 4.38. The van der Waals surface area contributed by atoms with Crippen molar-refractivity contribution in [2.24, 2.45) is 0 Å². The quantitative estimate of drug-likeness (QED) is 0.662. The van der Waals surface area contributed by atoms with E-state index >= 15 is 0 Å². The molecule has 3 amide bonds. The first kappa shape index (κ1) is 13.8. The number of fused-ring (bicyclic) bond motifs is 1. The number of hydrogen-bond donors (Lipinski definition) is 2. The van der Waals surface area contributed by atoms with E-state index in [-0.39, 0.29) is 19.0 Å². The van der Waals surface area contributed by atoms with Gasteiger partial charge in [0.1, 0.15) is 0 Å². The van der Waals surface area contributed by atoms with Gasteiger partial charge in [0.25, 0.3) is 0 Å². The molecule has 0 aliphatic carbocycles. The van der Waals surface area contributed by atoms with Crippen molar-refractivity contribution in [3.05, 3.63) is 23.8 Å². The summed E-state index contributed by atoms with van der Waals surface area (Å²) in [4.78, 5) is 30.8. The Kier molecular flexibility index (Phi) is 3.50. The highest BCUT2D eigenvalue weighted by Gasteiger charge is 2.27. The molecule has 1 aliphatic rings. The number of benzene rings is 1. The second kappa shape index (κ2) is 5.32. The van der Waals surface area contributed by atoms with Crippen molar-refractivity contribution in [3.63, 3.8) is 0 Å². The Balaban J connectivity index is 1.65. The summed E-state index contributed by atoms with van der Waals surface area (Å²) in [6.45, 7) is 0.266. The molecule has 0 spiro atoms. The van der Waals surface area contributed by atoms with Gasteiger partial charge in [-0.25, -0.2) is 18.6 Å². The predicted molar refractivity (Wildman–Crippen MR) is 71.8 cm³/mol. The zero-order valence-electron chi connectivity index (χ0n) is 10.7. The molecule has 0 radical (unpaired) electrons. The number of urea groups is 1. The van der Waals surface area contributed by atoms with Gasteiger partial charge in [-0.2, -0.15) is 0 Å². The van der Waals surface area contributed by atoms with Gasteiger partial charge in [0.05, 0.1) is 17.6 Å². The summed E-state index contributed by atoms with van der Waals surface area (Å²) in [6, 6.07) is 1.65. The van der Waals surface area contributed by atoms with Crippen molar-refractivity contribution >= 4 is 34.7 Å². The Labute approximate surface area is 121 Å². The van der Waals surface area contributed by atoms with E-state index in [9.17, 15) is 18.4 Å². The maximum Gasteiger partial charge on any atom is 0.324 e. The highest BCUT2D eigenvalue weighted by Crippen LogP contribution is 2.21. The standard InChI is InChI=1S/C12H10F2N4O2S/c13-6-3-8-9(4-7(6)14)17-11(16-8)21-2-1-18-10(19)5-15-12(18)20/h3-4H,1-2,5H2,(H,15,20)(H,16,17). The lowest BCUT2D eigenvalue weighted by atomic mass is 10.3. The summed E-state index contributed by atoms with van der Waals surface area (Å²) < 4.78 is 26.2. The molecule has 2 N–H and O–H groups in total. The largest absolute Gasteiger partial charge is 0.333 e. The number of H-pyrrole nitrogens is 1. The van der Waals surface area contributed by atoms with Crippen molar-refractivity contribution in [2.45, 2.75) is 5.16 Å². The van der Waals surface area contributed by atoms with Gasteiger partial charge in [0.2, 0.25) is 5.91 Å². The summed E-state index contributed by atoms with van der Waals surface area (Å²) in [5, 5.41) is 2.90. The molecule has 1 aromatic heterocycles. The summed E-state index contributed by atoms with van der Waals surface area (Å²) >= 11 is 1.26. The number of imide groups is 1. The molecule has 0 atom stereocenters. The lowest BCUT2D eigenvalue weighted by Gasteiger charge is -2.10. The van der Waals surface area contributed by atoms with Gasteiger partial charge in [-0.05, 0) is 0 Å². The van der Waals surface area contributed by atoms with Crippen molar-refractivity contribution in [1.29, 1.82) is 0 Å². The van der Waals surface area contributed by atoms with Gasteiger partial charge in [-0.15, -0.1) is 0 Å². The number of halogens is 2. The normalized spacial score (nSPS) is 15.0. The molecule has 2 aromatic rings. The number of thioether (sulfide) groups is 1. The fourth-order valence-corrected chi connectivity index (χ4v) is 2.78. The van der Waals surface area contributed by atoms with Gasteiger partial charge in [-0.3, -0.25) is 9.69 Å². The maximum absolute atomic E-state index is 13.1. The second-order valence-corrected chi connectivity index (χ2v) is 5.46. The van der Waals surface area contributed by atoms with E-state index < -0.39 is 17.7 Å². The number of rotatable bonds is 4. The van der Waals surface area contributed by atoms with Crippen LogP contribution < -0.4 is 5.32 Å². The van der Waals surface area contributed by atoms with Gasteiger partial charge < -0.3 is 10.3 Å². The smallest absolute Gasteiger partial charge is 0.324 e. The average molecular weight is 312 g/mol. The summed E-state index contributed by atoms with van der Waals surface area (Å²) in [6.07, 6.45) is 0. The van der Waals surface area contributed by atoms with E-state index in [1.165, 1.54) is 11.8 Å². The number of carbonyl (C=O) groups is 2. The first-order chi connectivity index (χ1) is 10.0. The third-order valence-corrected chi connectivity index (χ3v) is 3.85. The number of hydrogen-bond acceptors (Lipinski definition) is 4. The van der Waals surface area contributed by atoms with Crippen LogP contribution in [-0.2, 0) is 4.79 Å². The minimum Gasteiger partial charge on any atom is -0.333 e. The fourth-order valence-electron chi connectivity index (χ4n) is 1.97. The van der Waals surface area contributed by atoms with Crippen LogP contribution in [0.4, 0.5) is 13.6 Å². The summed E-state index contributed by atoms with van der Waals surface area (Å²) in [7, 11) is 0. The molecule has 1 fully saturated rings. The topological polar surface area (TPSA) is 78.1 Å². The highest BCUT2D eigenvalue weighted by atomic mass is 32.2. The summed E-state index contributed by atoms with van der Waals surface area (Å²) in [5.74, 6) is -1.73. The molecule has 9 heteroatoms. The van der Waals surface area contributed by atoms with Crippen molar-refractivity contribution in [2.75, 3.05) is 18.8 Å². The molecule has 0 saturated carbocycles. The van der Waals surface area contributed by atoms with Gasteiger partial charge in [0.15, 0.2) is 16.8 Å². The molecule has 1 aromatic carbocycles. The number of aromatic nitrogens is 2. The number of aromatic amines is 1. The molecule has 3 rings (SSSR count). The van der Waals surface area contributed by atoms with E-state index in [4.69, 9.17) is 0 Å². The van der Waals surface area contributed by atoms with Crippen LogP contribution in [0.25, 0.3) is 11.0 Å². The van der Waals surface area contributed by atoms with Crippen LogP contribution in [0.2, 0.25) is 0 Å². The molecule has 21 heavy (non-hydrogen) atoms. The lowest BCUT2D eigenvalue weighted by molar-refractivity contribution is -0.124. The Morgan fingerprint density at radius 3 is 2.76 bits per heavy atom. The number of carbonyl (C=O) groups excluding carboxylic acids is 2. The first-order valence-electron chi connectivity index (χ1n) is 6.10. The third-order valence-electron chi connectivity index (χ3n) is 2.99. The molecule has 6 nitrogen and oxygen atoms in total. The molecular weight excluding hydrogens is 302 g/mol. The van der Waals surface area contributed by atoms with Gasteiger partial charge >= 0.3 is 6.03 Å². The van der Waals surface area contributed by atoms with Gasteiger partial charge in [-0.1, -0.05) is 11.8 Å². The highest BCUT2D eigenvalue weighted by molar-refractivity contribution is 7.99. The molecule has 2 heterocycles. The number of amides is 3. The zero-order chi connectivity index (χ0) is 15.0. The molecular formula is C12H10F2N4O2S. The SMILES string of the molecule is O=C1CNC(=O)N1CCSc1nc2cc(F)c(F)cc2[nH]1. The van der Waals surface area contributed by atoms with Crippen molar-refractivity contribution in [3.8, 4) is 0 Å². The average Bonchev–Trinajstić information content (AvgIpc) is 2.96. The first-order valence-corrected chi connectivity index (χ1v) is 7.09. The van der Waals surface area contributed by atoms with E-state index in [0.717, 1.165) is 17.0 Å².